The van der Waals surface area contributed by atoms with Crippen molar-refractivity contribution in [2.24, 2.45) is 0 Å². The summed E-state index contributed by atoms with van der Waals surface area (Å²) in [6.07, 6.45) is 0. The summed E-state index contributed by atoms with van der Waals surface area (Å²) >= 11 is 2.93. The Morgan fingerprint density at radius 3 is 3.29 bits per heavy atom. The van der Waals surface area contributed by atoms with Crippen molar-refractivity contribution in [3.63, 3.8) is 0 Å². The first-order chi connectivity index (χ1) is 6.75. The van der Waals surface area contributed by atoms with Gasteiger partial charge in [0.25, 0.3) is 5.56 Å². The van der Waals surface area contributed by atoms with E-state index in [2.05, 4.69) is 11.6 Å². The number of nitrogens with zero attached hydrogens (tertiary/aromatic N) is 2. The predicted molar refractivity (Wildman–Crippen MR) is 58.9 cm³/mol. The molecule has 0 fully saturated rings. The van der Waals surface area contributed by atoms with E-state index in [0.29, 0.717) is 6.54 Å². The quantitative estimate of drug-likeness (QED) is 0.640. The highest BCUT2D eigenvalue weighted by molar-refractivity contribution is 8.03. The molecule has 0 aromatic carbocycles. The molecule has 2 aromatic rings. The van der Waals surface area contributed by atoms with Crippen LogP contribution in [-0.4, -0.2) is 9.55 Å². The molecule has 0 amide bonds. The predicted octanol–water partition coefficient (Wildman–Crippen LogP) is 2.08. The second-order valence-electron chi connectivity index (χ2n) is 3.06. The third-order valence-corrected chi connectivity index (χ3v) is 3.90. The Morgan fingerprint density at radius 1 is 1.57 bits per heavy atom. The number of aromatic nitrogens is 2. The highest BCUT2D eigenvalue weighted by Gasteiger charge is 2.19. The van der Waals surface area contributed by atoms with E-state index in [-0.39, 0.29) is 5.56 Å². The van der Waals surface area contributed by atoms with Crippen molar-refractivity contribution in [3.05, 3.63) is 33.3 Å². The van der Waals surface area contributed by atoms with E-state index in [1.807, 2.05) is 11.4 Å². The van der Waals surface area contributed by atoms with E-state index in [0.717, 1.165) is 20.3 Å². The molecule has 0 saturated carbocycles. The van der Waals surface area contributed by atoms with Crippen LogP contribution in [0.2, 0.25) is 0 Å². The molecular weight excluding hydrogens is 216 g/mol. The van der Waals surface area contributed by atoms with Crippen LogP contribution < -0.4 is 5.56 Å². The van der Waals surface area contributed by atoms with Gasteiger partial charge in [0, 0.05) is 4.91 Å². The SMILES string of the molecule is C=C1Cn2c(nc3ccsc3c2=O)S1. The van der Waals surface area contributed by atoms with Crippen molar-refractivity contribution in [3.8, 4) is 0 Å². The molecule has 0 aliphatic carbocycles. The molecule has 3 heterocycles. The maximum atomic E-state index is 11.9. The fourth-order valence-corrected chi connectivity index (χ4v) is 3.11. The maximum absolute atomic E-state index is 11.9. The Labute approximate surface area is 88.1 Å². The van der Waals surface area contributed by atoms with Gasteiger partial charge in [-0.25, -0.2) is 4.98 Å². The number of hydrogen-bond acceptors (Lipinski definition) is 4. The largest absolute Gasteiger partial charge is 0.281 e. The molecular formula is C9H6N2OS2. The smallest absolute Gasteiger partial charge is 0.272 e. The van der Waals surface area contributed by atoms with Crippen LogP contribution in [0.15, 0.2) is 32.9 Å². The van der Waals surface area contributed by atoms with Gasteiger partial charge in [0.2, 0.25) is 0 Å². The number of fused-ring (bicyclic) bond motifs is 2. The molecule has 0 unspecified atom stereocenters. The molecule has 3 nitrogen and oxygen atoms in total. The topological polar surface area (TPSA) is 34.9 Å². The zero-order valence-electron chi connectivity index (χ0n) is 7.19. The lowest BCUT2D eigenvalue weighted by Crippen LogP contribution is -2.18. The summed E-state index contributed by atoms with van der Waals surface area (Å²) < 4.78 is 2.43. The second kappa shape index (κ2) is 2.71. The van der Waals surface area contributed by atoms with Crippen LogP contribution in [0, 0.1) is 0 Å². The third kappa shape index (κ3) is 0.994. The van der Waals surface area contributed by atoms with Crippen LogP contribution in [0.25, 0.3) is 10.2 Å². The van der Waals surface area contributed by atoms with Gasteiger partial charge >= 0.3 is 0 Å². The summed E-state index contributed by atoms with van der Waals surface area (Å²) in [6.45, 7) is 4.45. The van der Waals surface area contributed by atoms with Crippen molar-refractivity contribution >= 4 is 33.3 Å². The van der Waals surface area contributed by atoms with Crippen LogP contribution >= 0.6 is 23.1 Å². The summed E-state index contributed by atoms with van der Waals surface area (Å²) in [4.78, 5) is 17.3. The standard InChI is InChI=1S/C9H6N2OS2/c1-5-4-11-8(12)7-6(2-3-13-7)10-9(11)14-5/h2-3H,1,4H2. The van der Waals surface area contributed by atoms with Gasteiger partial charge in [0.05, 0.1) is 12.1 Å². The van der Waals surface area contributed by atoms with Crippen LogP contribution in [0.4, 0.5) is 0 Å². The Kier molecular flexibility index (Phi) is 1.60. The minimum Gasteiger partial charge on any atom is -0.281 e. The van der Waals surface area contributed by atoms with Gasteiger partial charge in [-0.2, -0.15) is 0 Å². The van der Waals surface area contributed by atoms with Crippen molar-refractivity contribution in [1.29, 1.82) is 0 Å². The summed E-state index contributed by atoms with van der Waals surface area (Å²) in [5.74, 6) is 0. The first kappa shape index (κ1) is 8.26. The minimum absolute atomic E-state index is 0.0613. The summed E-state index contributed by atoms with van der Waals surface area (Å²) in [7, 11) is 0. The highest BCUT2D eigenvalue weighted by atomic mass is 32.2. The first-order valence-corrected chi connectivity index (χ1v) is 5.79. The first-order valence-electron chi connectivity index (χ1n) is 4.09. The molecule has 0 bridgehead atoms. The van der Waals surface area contributed by atoms with Crippen LogP contribution in [0.5, 0.6) is 0 Å². The van der Waals surface area contributed by atoms with E-state index in [9.17, 15) is 4.79 Å². The number of thiophene rings is 1. The molecule has 0 spiro atoms. The van der Waals surface area contributed by atoms with Gasteiger partial charge in [-0.15, -0.1) is 11.3 Å². The van der Waals surface area contributed by atoms with Gasteiger partial charge < -0.3 is 0 Å². The second-order valence-corrected chi connectivity index (χ2v) is 5.12. The lowest BCUT2D eigenvalue weighted by Gasteiger charge is -1.98. The molecule has 70 valence electrons. The normalized spacial score (nSPS) is 15.0. The number of thioether (sulfide) groups is 1. The zero-order chi connectivity index (χ0) is 9.71. The molecule has 1 aliphatic rings. The van der Waals surface area contributed by atoms with Gasteiger partial charge in [0.15, 0.2) is 5.16 Å². The Balaban J connectivity index is 2.46. The number of rotatable bonds is 0. The van der Waals surface area contributed by atoms with E-state index >= 15 is 0 Å². The molecule has 3 rings (SSSR count). The van der Waals surface area contributed by atoms with E-state index in [1.165, 1.54) is 23.1 Å². The lowest BCUT2D eigenvalue weighted by atomic mass is 10.4. The fraction of sp³-hybridized carbons (Fsp3) is 0.111. The van der Waals surface area contributed by atoms with Gasteiger partial charge in [0.1, 0.15) is 4.70 Å². The zero-order valence-corrected chi connectivity index (χ0v) is 8.82. The Morgan fingerprint density at radius 2 is 2.43 bits per heavy atom. The van der Waals surface area contributed by atoms with E-state index in [1.54, 1.807) is 4.57 Å². The average molecular weight is 222 g/mol. The molecule has 14 heavy (non-hydrogen) atoms. The van der Waals surface area contributed by atoms with Crippen molar-refractivity contribution < 1.29 is 0 Å². The molecule has 2 aromatic heterocycles. The molecule has 5 heteroatoms. The lowest BCUT2D eigenvalue weighted by molar-refractivity contribution is 0.691. The van der Waals surface area contributed by atoms with Crippen molar-refractivity contribution in [1.82, 2.24) is 9.55 Å². The van der Waals surface area contributed by atoms with E-state index in [4.69, 9.17) is 0 Å². The van der Waals surface area contributed by atoms with E-state index < -0.39 is 0 Å². The average Bonchev–Trinajstić information content (AvgIpc) is 2.71. The van der Waals surface area contributed by atoms with Gasteiger partial charge in [-0.3, -0.25) is 9.36 Å². The third-order valence-electron chi connectivity index (χ3n) is 2.10. The van der Waals surface area contributed by atoms with Crippen molar-refractivity contribution in [2.75, 3.05) is 0 Å². The molecule has 0 N–H and O–H groups in total. The Bertz CT molecular complexity index is 596. The fourth-order valence-electron chi connectivity index (χ4n) is 1.48. The number of hydrogen-bond donors (Lipinski definition) is 0. The molecule has 1 aliphatic heterocycles. The van der Waals surface area contributed by atoms with Gasteiger partial charge in [-0.05, 0) is 11.4 Å². The molecule has 0 radical (unpaired) electrons. The van der Waals surface area contributed by atoms with Crippen LogP contribution in [-0.2, 0) is 6.54 Å². The summed E-state index contributed by atoms with van der Waals surface area (Å²) in [5.41, 5.74) is 0.861. The summed E-state index contributed by atoms with van der Waals surface area (Å²) in [5, 5.41) is 2.67. The summed E-state index contributed by atoms with van der Waals surface area (Å²) in [6, 6.07) is 1.88. The monoisotopic (exact) mass is 222 g/mol. The maximum Gasteiger partial charge on any atom is 0.272 e. The van der Waals surface area contributed by atoms with Crippen LogP contribution in [0.3, 0.4) is 0 Å². The Hall–Kier alpha value is -1.07. The molecule has 0 saturated heterocycles. The highest BCUT2D eigenvalue weighted by Crippen LogP contribution is 2.32. The minimum atomic E-state index is 0.0613. The molecule has 0 atom stereocenters. The van der Waals surface area contributed by atoms with Crippen LogP contribution in [0.1, 0.15) is 0 Å². The number of allylic oxidation sites excluding steroid dienone is 1. The van der Waals surface area contributed by atoms with Gasteiger partial charge in [-0.1, -0.05) is 18.3 Å². The van der Waals surface area contributed by atoms with Crippen molar-refractivity contribution in [2.45, 2.75) is 11.7 Å².